The maximum Gasteiger partial charge on any atom is 0.231 e. The van der Waals surface area contributed by atoms with E-state index in [1.165, 1.54) is 12.1 Å². The molecule has 1 heterocycles. The number of ether oxygens (including phenoxy) is 1. The van der Waals surface area contributed by atoms with E-state index in [4.69, 9.17) is 4.74 Å². The first-order valence-electron chi connectivity index (χ1n) is 8.91. The molecule has 2 unspecified atom stereocenters. The number of anilines is 1. The number of carbonyl (C=O) groups excluding carboxylic acids is 1. The molecule has 2 aromatic rings. The molecule has 11 heteroatoms. The van der Waals surface area contributed by atoms with Crippen molar-refractivity contribution >= 4 is 17.3 Å². The molecule has 1 fully saturated rings. The number of benzene rings is 2. The Balaban J connectivity index is 1.81. The number of hydrogen-bond donors (Lipinski definition) is 1. The fourth-order valence-corrected chi connectivity index (χ4v) is 2.84. The number of nitrogens with zero attached hydrogens (tertiary/aromatic N) is 3. The molecule has 1 aliphatic rings. The SMILES string of the molecule is CCCOc1ccc(N2C(=O)CC(N=Nc3c(F)c(F)c(F)c(F)c3F)C2O)cc1. The highest BCUT2D eigenvalue weighted by atomic mass is 19.2. The highest BCUT2D eigenvalue weighted by Crippen LogP contribution is 2.32. The van der Waals surface area contributed by atoms with Gasteiger partial charge in [-0.2, -0.15) is 5.11 Å². The summed E-state index contributed by atoms with van der Waals surface area (Å²) in [7, 11) is 0. The molecular formula is C19H16F5N3O3. The second-order valence-corrected chi connectivity index (χ2v) is 6.43. The van der Waals surface area contributed by atoms with Crippen LogP contribution >= 0.6 is 0 Å². The van der Waals surface area contributed by atoms with Gasteiger partial charge in [-0.3, -0.25) is 9.69 Å². The molecule has 1 amide bonds. The Morgan fingerprint density at radius 3 is 2.17 bits per heavy atom. The zero-order valence-electron chi connectivity index (χ0n) is 15.6. The Kier molecular flexibility index (Phi) is 6.30. The normalized spacial score (nSPS) is 19.2. The molecule has 2 atom stereocenters. The first kappa shape index (κ1) is 21.6. The summed E-state index contributed by atoms with van der Waals surface area (Å²) in [5.41, 5.74) is -1.19. The molecule has 30 heavy (non-hydrogen) atoms. The Labute approximate surface area is 167 Å². The van der Waals surface area contributed by atoms with Gasteiger partial charge in [-0.15, -0.1) is 5.11 Å². The van der Waals surface area contributed by atoms with E-state index in [-0.39, 0.29) is 6.42 Å². The number of rotatable bonds is 6. The van der Waals surface area contributed by atoms with Gasteiger partial charge in [-0.05, 0) is 30.7 Å². The molecule has 1 aliphatic heterocycles. The summed E-state index contributed by atoms with van der Waals surface area (Å²) >= 11 is 0. The third-order valence-corrected chi connectivity index (χ3v) is 4.34. The summed E-state index contributed by atoms with van der Waals surface area (Å²) in [6, 6.07) is 4.96. The van der Waals surface area contributed by atoms with Gasteiger partial charge < -0.3 is 9.84 Å². The number of azo groups is 1. The van der Waals surface area contributed by atoms with Crippen LogP contribution in [0.2, 0.25) is 0 Å². The lowest BCUT2D eigenvalue weighted by molar-refractivity contribution is -0.117. The van der Waals surface area contributed by atoms with Crippen molar-refractivity contribution in [2.24, 2.45) is 10.2 Å². The van der Waals surface area contributed by atoms with Gasteiger partial charge in [-0.1, -0.05) is 6.92 Å². The van der Waals surface area contributed by atoms with Crippen LogP contribution in [0.3, 0.4) is 0 Å². The average molecular weight is 429 g/mol. The van der Waals surface area contributed by atoms with E-state index in [0.717, 1.165) is 11.3 Å². The maximum atomic E-state index is 13.7. The van der Waals surface area contributed by atoms with Crippen LogP contribution in [0.1, 0.15) is 19.8 Å². The third kappa shape index (κ3) is 3.97. The predicted octanol–water partition coefficient (Wildman–Crippen LogP) is 4.38. The van der Waals surface area contributed by atoms with Gasteiger partial charge in [0.1, 0.15) is 11.8 Å². The molecule has 0 aliphatic carbocycles. The van der Waals surface area contributed by atoms with Gasteiger partial charge in [0.05, 0.1) is 13.0 Å². The van der Waals surface area contributed by atoms with Crippen molar-refractivity contribution in [2.45, 2.75) is 32.0 Å². The molecule has 3 rings (SSSR count). The number of aliphatic hydroxyl groups excluding tert-OH is 1. The van der Waals surface area contributed by atoms with Gasteiger partial charge in [0.2, 0.25) is 11.7 Å². The van der Waals surface area contributed by atoms with Gasteiger partial charge in [0, 0.05) is 5.69 Å². The van der Waals surface area contributed by atoms with Gasteiger partial charge in [-0.25, -0.2) is 22.0 Å². The van der Waals surface area contributed by atoms with Crippen LogP contribution in [0.4, 0.5) is 33.3 Å². The Bertz CT molecular complexity index is 955. The van der Waals surface area contributed by atoms with Crippen molar-refractivity contribution in [3.05, 3.63) is 53.4 Å². The summed E-state index contributed by atoms with van der Waals surface area (Å²) in [6.45, 7) is 2.44. The molecule has 0 aromatic heterocycles. The summed E-state index contributed by atoms with van der Waals surface area (Å²) in [6.07, 6.45) is -1.13. The Hall–Kier alpha value is -3.08. The van der Waals surface area contributed by atoms with E-state index in [2.05, 4.69) is 10.2 Å². The van der Waals surface area contributed by atoms with Crippen LogP contribution in [0.15, 0.2) is 34.5 Å². The second-order valence-electron chi connectivity index (χ2n) is 6.43. The van der Waals surface area contributed by atoms with Crippen LogP contribution in [-0.4, -0.2) is 29.9 Å². The zero-order valence-corrected chi connectivity index (χ0v) is 15.6. The van der Waals surface area contributed by atoms with Crippen LogP contribution in [0, 0.1) is 29.1 Å². The number of hydrogen-bond acceptors (Lipinski definition) is 5. The van der Waals surface area contributed by atoms with Crippen LogP contribution < -0.4 is 9.64 Å². The van der Waals surface area contributed by atoms with Crippen molar-refractivity contribution in [3.63, 3.8) is 0 Å². The number of halogens is 5. The summed E-state index contributed by atoms with van der Waals surface area (Å²) in [5, 5.41) is 16.9. The molecular weight excluding hydrogens is 413 g/mol. The molecule has 0 bridgehead atoms. The van der Waals surface area contributed by atoms with Gasteiger partial charge in [0.15, 0.2) is 35.2 Å². The fraction of sp³-hybridized carbons (Fsp3) is 0.316. The van der Waals surface area contributed by atoms with Crippen LogP contribution in [-0.2, 0) is 4.79 Å². The predicted molar refractivity (Wildman–Crippen MR) is 94.9 cm³/mol. The zero-order chi connectivity index (χ0) is 22.0. The molecule has 2 aromatic carbocycles. The van der Waals surface area contributed by atoms with Crippen molar-refractivity contribution in [2.75, 3.05) is 11.5 Å². The minimum atomic E-state index is -2.32. The van der Waals surface area contributed by atoms with Crippen molar-refractivity contribution in [3.8, 4) is 5.75 Å². The van der Waals surface area contributed by atoms with E-state index in [1.54, 1.807) is 12.1 Å². The number of aliphatic hydroxyl groups is 1. The third-order valence-electron chi connectivity index (χ3n) is 4.34. The van der Waals surface area contributed by atoms with Crippen molar-refractivity contribution in [1.29, 1.82) is 0 Å². The smallest absolute Gasteiger partial charge is 0.231 e. The minimum absolute atomic E-state index is 0.310. The maximum absolute atomic E-state index is 13.7. The Morgan fingerprint density at radius 1 is 1.03 bits per heavy atom. The molecule has 1 N–H and O–H groups in total. The fourth-order valence-electron chi connectivity index (χ4n) is 2.84. The summed E-state index contributed by atoms with van der Waals surface area (Å²) in [5.74, 6) is -11.0. The molecule has 0 saturated carbocycles. The topological polar surface area (TPSA) is 74.5 Å². The van der Waals surface area contributed by atoms with Crippen molar-refractivity contribution in [1.82, 2.24) is 0 Å². The largest absolute Gasteiger partial charge is 0.494 e. The molecule has 0 radical (unpaired) electrons. The quantitative estimate of drug-likeness (QED) is 0.321. The lowest BCUT2D eigenvalue weighted by atomic mass is 10.2. The van der Waals surface area contributed by atoms with Crippen LogP contribution in [0.5, 0.6) is 5.75 Å². The van der Waals surface area contributed by atoms with E-state index >= 15 is 0 Å². The monoisotopic (exact) mass is 429 g/mol. The van der Waals surface area contributed by atoms with Gasteiger partial charge in [0.25, 0.3) is 0 Å². The Morgan fingerprint density at radius 2 is 1.60 bits per heavy atom. The summed E-state index contributed by atoms with van der Waals surface area (Å²) < 4.78 is 72.4. The number of carbonyl (C=O) groups is 1. The van der Waals surface area contributed by atoms with E-state index in [9.17, 15) is 31.9 Å². The summed E-state index contributed by atoms with van der Waals surface area (Å²) in [4.78, 5) is 13.3. The van der Waals surface area contributed by atoms with E-state index in [1.807, 2.05) is 6.92 Å². The highest BCUT2D eigenvalue weighted by molar-refractivity contribution is 5.96. The first-order chi connectivity index (χ1) is 14.3. The lowest BCUT2D eigenvalue weighted by Gasteiger charge is -2.22. The second kappa shape index (κ2) is 8.74. The van der Waals surface area contributed by atoms with E-state index in [0.29, 0.717) is 18.0 Å². The minimum Gasteiger partial charge on any atom is -0.494 e. The number of amides is 1. The molecule has 160 valence electrons. The molecule has 6 nitrogen and oxygen atoms in total. The lowest BCUT2D eigenvalue weighted by Crippen LogP contribution is -2.36. The van der Waals surface area contributed by atoms with E-state index < -0.39 is 53.0 Å². The first-order valence-corrected chi connectivity index (χ1v) is 8.91. The average Bonchev–Trinajstić information content (AvgIpc) is 3.03. The molecule has 0 spiro atoms. The van der Waals surface area contributed by atoms with Gasteiger partial charge >= 0.3 is 0 Å². The highest BCUT2D eigenvalue weighted by Gasteiger charge is 2.40. The van der Waals surface area contributed by atoms with Crippen molar-refractivity contribution < 1.29 is 36.6 Å². The standard InChI is InChI=1S/C19H16F5N3O3/c1-2-7-30-10-5-3-9(4-6-10)27-12(28)8-11(19(27)29)25-26-18-16(23)14(21)13(20)15(22)17(18)24/h3-6,11,19,29H,2,7-8H2,1H3. The molecule has 1 saturated heterocycles. The van der Waals surface area contributed by atoms with Crippen LogP contribution in [0.25, 0.3) is 0 Å².